The van der Waals surface area contributed by atoms with Gasteiger partial charge in [0, 0.05) is 12.7 Å². The summed E-state index contributed by atoms with van der Waals surface area (Å²) in [5.41, 5.74) is 3.13. The molecule has 0 aliphatic carbocycles. The molecule has 0 aliphatic rings. The molecule has 0 amide bonds. The highest BCUT2D eigenvalue weighted by atomic mass is 35.5. The van der Waals surface area contributed by atoms with E-state index in [2.05, 4.69) is 27.7 Å². The zero-order chi connectivity index (χ0) is 13.7. The summed E-state index contributed by atoms with van der Waals surface area (Å²) < 4.78 is 2.18. The van der Waals surface area contributed by atoms with Crippen LogP contribution in [0.4, 0.5) is 0 Å². The summed E-state index contributed by atoms with van der Waals surface area (Å²) in [4.78, 5) is 9.07. The number of fused-ring (bicyclic) bond motifs is 1. The number of alkyl halides is 1. The molecule has 3 nitrogen and oxygen atoms in total. The van der Waals surface area contributed by atoms with Crippen molar-refractivity contribution in [3.05, 3.63) is 23.7 Å². The van der Waals surface area contributed by atoms with Crippen LogP contribution in [0.5, 0.6) is 0 Å². The van der Waals surface area contributed by atoms with Crippen molar-refractivity contribution in [2.24, 2.45) is 0 Å². The van der Waals surface area contributed by atoms with Gasteiger partial charge in [-0.25, -0.2) is 9.97 Å². The molecule has 104 valence electrons. The number of aromatic nitrogens is 3. The first kappa shape index (κ1) is 14.7. The van der Waals surface area contributed by atoms with Crippen LogP contribution in [-0.4, -0.2) is 26.5 Å². The van der Waals surface area contributed by atoms with Crippen molar-refractivity contribution in [1.29, 1.82) is 0 Å². The number of pyridine rings is 1. The molecule has 0 aliphatic heterocycles. The predicted molar refractivity (Wildman–Crippen MR) is 84.1 cm³/mol. The predicted octanol–water partition coefficient (Wildman–Crippen LogP) is 4.01. The molecule has 2 aromatic rings. The van der Waals surface area contributed by atoms with E-state index in [1.165, 1.54) is 18.6 Å². The highest BCUT2D eigenvalue weighted by Crippen LogP contribution is 2.19. The van der Waals surface area contributed by atoms with E-state index in [0.29, 0.717) is 5.88 Å². The molecule has 0 saturated carbocycles. The van der Waals surface area contributed by atoms with E-state index >= 15 is 0 Å². The topological polar surface area (TPSA) is 30.7 Å². The number of hydrogen-bond acceptors (Lipinski definition) is 3. The van der Waals surface area contributed by atoms with E-state index in [1.807, 2.05) is 24.0 Å². The van der Waals surface area contributed by atoms with Crippen LogP contribution in [0.1, 0.15) is 30.7 Å². The average molecular weight is 298 g/mol. The Balaban J connectivity index is 2.14. The monoisotopic (exact) mass is 297 g/mol. The maximum absolute atomic E-state index is 6.00. The molecule has 2 heterocycles. The zero-order valence-electron chi connectivity index (χ0n) is 11.5. The number of rotatable bonds is 7. The first-order valence-electron chi connectivity index (χ1n) is 6.63. The van der Waals surface area contributed by atoms with Crippen molar-refractivity contribution in [2.45, 2.75) is 38.6 Å². The van der Waals surface area contributed by atoms with Crippen molar-refractivity contribution in [2.75, 3.05) is 12.0 Å². The van der Waals surface area contributed by atoms with Gasteiger partial charge in [0.05, 0.1) is 5.88 Å². The van der Waals surface area contributed by atoms with Gasteiger partial charge < -0.3 is 4.57 Å². The van der Waals surface area contributed by atoms with E-state index in [-0.39, 0.29) is 0 Å². The summed E-state index contributed by atoms with van der Waals surface area (Å²) in [7, 11) is 0. The van der Waals surface area contributed by atoms with Gasteiger partial charge in [-0.05, 0) is 43.4 Å². The number of halogens is 1. The Morgan fingerprint density at radius 1 is 1.32 bits per heavy atom. The minimum absolute atomic E-state index is 0.445. The van der Waals surface area contributed by atoms with Crippen LogP contribution in [0.25, 0.3) is 11.2 Å². The van der Waals surface area contributed by atoms with Gasteiger partial charge in [-0.2, -0.15) is 11.8 Å². The molecule has 2 rings (SSSR count). The first-order valence-corrected chi connectivity index (χ1v) is 8.56. The molecule has 0 atom stereocenters. The number of thioether (sulfide) groups is 1. The van der Waals surface area contributed by atoms with Gasteiger partial charge in [-0.1, -0.05) is 6.42 Å². The highest BCUT2D eigenvalue weighted by Gasteiger charge is 2.12. The molecule has 2 aromatic heterocycles. The van der Waals surface area contributed by atoms with Crippen molar-refractivity contribution in [1.82, 2.24) is 14.5 Å². The molecule has 0 aromatic carbocycles. The fraction of sp³-hybridized carbons (Fsp3) is 0.571. The zero-order valence-corrected chi connectivity index (χ0v) is 13.1. The van der Waals surface area contributed by atoms with Crippen LogP contribution < -0.4 is 0 Å². The molecule has 5 heteroatoms. The fourth-order valence-electron chi connectivity index (χ4n) is 2.21. The van der Waals surface area contributed by atoms with E-state index < -0.39 is 0 Å². The molecule has 19 heavy (non-hydrogen) atoms. The number of hydrogen-bond donors (Lipinski definition) is 0. The summed E-state index contributed by atoms with van der Waals surface area (Å²) in [6.07, 6.45) is 7.68. The highest BCUT2D eigenvalue weighted by molar-refractivity contribution is 7.98. The summed E-state index contributed by atoms with van der Waals surface area (Å²) in [5, 5.41) is 0. The third kappa shape index (κ3) is 3.42. The van der Waals surface area contributed by atoms with Crippen molar-refractivity contribution < 1.29 is 0 Å². The second-order valence-electron chi connectivity index (χ2n) is 4.67. The molecule has 0 bridgehead atoms. The van der Waals surface area contributed by atoms with Crippen LogP contribution in [-0.2, 0) is 12.4 Å². The van der Waals surface area contributed by atoms with Crippen LogP contribution in [0.3, 0.4) is 0 Å². The fourth-order valence-corrected chi connectivity index (χ4v) is 2.91. The normalized spacial score (nSPS) is 11.3. The van der Waals surface area contributed by atoms with Gasteiger partial charge in [-0.15, -0.1) is 11.6 Å². The smallest absolute Gasteiger partial charge is 0.160 e. The summed E-state index contributed by atoms with van der Waals surface area (Å²) in [5.74, 6) is 2.62. The number of unbranched alkanes of at least 4 members (excludes halogenated alkanes) is 2. The first-order chi connectivity index (χ1) is 9.27. The number of aryl methyl sites for hydroxylation is 2. The van der Waals surface area contributed by atoms with Crippen LogP contribution in [0.15, 0.2) is 12.3 Å². The minimum Gasteiger partial charge on any atom is -0.312 e. The lowest BCUT2D eigenvalue weighted by Crippen LogP contribution is -2.03. The Labute approximate surface area is 123 Å². The van der Waals surface area contributed by atoms with Crippen molar-refractivity contribution in [3.8, 4) is 0 Å². The number of imidazole rings is 1. The van der Waals surface area contributed by atoms with E-state index in [9.17, 15) is 0 Å². The Morgan fingerprint density at radius 3 is 2.89 bits per heavy atom. The Hall–Kier alpha value is -0.740. The van der Waals surface area contributed by atoms with E-state index in [4.69, 9.17) is 11.6 Å². The molecule has 0 saturated heterocycles. The van der Waals surface area contributed by atoms with Crippen molar-refractivity contribution >= 4 is 34.5 Å². The lowest BCUT2D eigenvalue weighted by molar-refractivity contribution is 0.599. The summed E-state index contributed by atoms with van der Waals surface area (Å²) >= 11 is 7.91. The lowest BCUT2D eigenvalue weighted by Gasteiger charge is -2.06. The van der Waals surface area contributed by atoms with E-state index in [0.717, 1.165) is 35.5 Å². The van der Waals surface area contributed by atoms with Gasteiger partial charge in [0.25, 0.3) is 0 Å². The second-order valence-corrected chi connectivity index (χ2v) is 5.92. The Bertz CT molecular complexity index is 539. The van der Waals surface area contributed by atoms with E-state index in [1.54, 1.807) is 0 Å². The van der Waals surface area contributed by atoms with Crippen LogP contribution in [0, 0.1) is 6.92 Å². The maximum Gasteiger partial charge on any atom is 0.160 e. The molecular formula is C14H20ClN3S. The maximum atomic E-state index is 6.00. The van der Waals surface area contributed by atoms with Crippen LogP contribution >= 0.6 is 23.4 Å². The molecule has 0 spiro atoms. The number of nitrogens with zero attached hydrogens (tertiary/aromatic N) is 3. The summed E-state index contributed by atoms with van der Waals surface area (Å²) in [6.45, 7) is 3.03. The van der Waals surface area contributed by atoms with Crippen molar-refractivity contribution in [3.63, 3.8) is 0 Å². The quantitative estimate of drug-likeness (QED) is 0.571. The third-order valence-electron chi connectivity index (χ3n) is 3.26. The standard InChI is InChI=1S/C14H20ClN3S/c1-11-6-7-16-14-13(11)17-12(10-15)18(14)8-4-3-5-9-19-2/h6-7H,3-5,8-10H2,1-2H3. The molecular weight excluding hydrogens is 278 g/mol. The molecule has 0 N–H and O–H groups in total. The van der Waals surface area contributed by atoms with Gasteiger partial charge in [0.15, 0.2) is 5.65 Å². The largest absolute Gasteiger partial charge is 0.312 e. The minimum atomic E-state index is 0.445. The lowest BCUT2D eigenvalue weighted by atomic mass is 10.2. The van der Waals surface area contributed by atoms with Gasteiger partial charge in [0.2, 0.25) is 0 Å². The Kier molecular flexibility index (Phi) is 5.52. The third-order valence-corrected chi connectivity index (χ3v) is 4.20. The van der Waals surface area contributed by atoms with Gasteiger partial charge in [0.1, 0.15) is 11.3 Å². The van der Waals surface area contributed by atoms with Crippen LogP contribution in [0.2, 0.25) is 0 Å². The summed E-state index contributed by atoms with van der Waals surface area (Å²) in [6, 6.07) is 2.00. The van der Waals surface area contributed by atoms with Gasteiger partial charge in [-0.3, -0.25) is 0 Å². The SMILES string of the molecule is CSCCCCCn1c(CCl)nc2c(C)ccnc21. The molecule has 0 unspecified atom stereocenters. The second kappa shape index (κ2) is 7.15. The molecule has 0 radical (unpaired) electrons. The Morgan fingerprint density at radius 2 is 2.16 bits per heavy atom. The molecule has 0 fully saturated rings. The van der Waals surface area contributed by atoms with Gasteiger partial charge >= 0.3 is 0 Å². The average Bonchev–Trinajstić information content (AvgIpc) is 2.78.